The van der Waals surface area contributed by atoms with Gasteiger partial charge in [0.25, 0.3) is 0 Å². The molecule has 2 aromatic rings. The van der Waals surface area contributed by atoms with Crippen LogP contribution in [0.3, 0.4) is 0 Å². The average Bonchev–Trinajstić information content (AvgIpc) is 2.44. The minimum Gasteiger partial charge on any atom is -0.442 e. The van der Waals surface area contributed by atoms with Gasteiger partial charge in [-0.25, -0.2) is 4.68 Å². The molecule has 0 saturated carbocycles. The van der Waals surface area contributed by atoms with E-state index in [4.69, 9.17) is 4.42 Å². The van der Waals surface area contributed by atoms with Crippen molar-refractivity contribution in [3.05, 3.63) is 18.7 Å². The Balaban J connectivity index is 2.88. The highest BCUT2D eigenvalue weighted by atomic mass is 16.3. The summed E-state index contributed by atoms with van der Waals surface area (Å²) in [4.78, 5) is 3.91. The van der Waals surface area contributed by atoms with Crippen LogP contribution in [0.4, 0.5) is 0 Å². The fourth-order valence-electron chi connectivity index (χ4n) is 0.858. The molecule has 0 aliphatic carbocycles. The van der Waals surface area contributed by atoms with Crippen molar-refractivity contribution in [3.63, 3.8) is 0 Å². The summed E-state index contributed by atoms with van der Waals surface area (Å²) in [5.41, 5.74) is 1.43. The van der Waals surface area contributed by atoms with E-state index in [1.165, 1.54) is 6.39 Å². The van der Waals surface area contributed by atoms with Crippen LogP contribution in [-0.2, 0) is 0 Å². The lowest BCUT2D eigenvalue weighted by Crippen LogP contribution is -1.82. The first-order chi connectivity index (χ1) is 4.92. The summed E-state index contributed by atoms with van der Waals surface area (Å²) in [5.74, 6) is 0. The van der Waals surface area contributed by atoms with Crippen LogP contribution >= 0.6 is 0 Å². The van der Waals surface area contributed by atoms with E-state index in [0.29, 0.717) is 5.65 Å². The lowest BCUT2D eigenvalue weighted by molar-refractivity contribution is 0.602. The van der Waals surface area contributed by atoms with Gasteiger partial charge in [-0.05, 0) is 0 Å². The Morgan fingerprint density at radius 3 is 3.40 bits per heavy atom. The van der Waals surface area contributed by atoms with Crippen molar-refractivity contribution < 1.29 is 4.42 Å². The van der Waals surface area contributed by atoms with E-state index in [1.54, 1.807) is 16.9 Å². The van der Waals surface area contributed by atoms with Gasteiger partial charge in [-0.1, -0.05) is 0 Å². The Morgan fingerprint density at radius 2 is 2.60 bits per heavy atom. The van der Waals surface area contributed by atoms with Crippen molar-refractivity contribution in [2.45, 2.75) is 0 Å². The van der Waals surface area contributed by atoms with Crippen LogP contribution in [0.15, 0.2) is 28.2 Å². The van der Waals surface area contributed by atoms with Gasteiger partial charge in [0.15, 0.2) is 17.6 Å². The number of nitrogens with zero attached hydrogens (tertiary/aromatic N) is 3. The summed E-state index contributed by atoms with van der Waals surface area (Å²) >= 11 is 0. The average molecular weight is 135 g/mol. The van der Waals surface area contributed by atoms with E-state index < -0.39 is 0 Å². The van der Waals surface area contributed by atoms with Gasteiger partial charge in [0, 0.05) is 19.0 Å². The quantitative estimate of drug-likeness (QED) is 0.549. The molecule has 0 aliphatic heterocycles. The molecule has 2 rings (SSSR count). The van der Waals surface area contributed by atoms with Gasteiger partial charge in [-0.15, -0.1) is 0 Å². The molecule has 10 heavy (non-hydrogen) atoms. The molecule has 0 N–H and O–H groups in total. The molecule has 0 atom stereocenters. The number of rotatable bonds is 1. The molecule has 0 amide bonds. The summed E-state index contributed by atoms with van der Waals surface area (Å²) in [5, 5.41) is 3.68. The third-order valence-corrected chi connectivity index (χ3v) is 1.31. The zero-order chi connectivity index (χ0) is 6.97. The number of fused-ring (bicyclic) bond motifs is 1. The Kier molecular flexibility index (Phi) is 0.887. The highest BCUT2D eigenvalue weighted by molar-refractivity contribution is 5.68. The molecule has 0 saturated heterocycles. The molecule has 2 aromatic heterocycles. The van der Waals surface area contributed by atoms with E-state index in [-0.39, 0.29) is 0 Å². The SMILES string of the molecule is C=Nn1ccc2ocnc21. The van der Waals surface area contributed by atoms with Crippen LogP contribution in [0.1, 0.15) is 0 Å². The normalized spacial score (nSPS) is 10.4. The van der Waals surface area contributed by atoms with Crippen LogP contribution in [0.2, 0.25) is 0 Å². The van der Waals surface area contributed by atoms with Gasteiger partial charge in [0.1, 0.15) is 0 Å². The summed E-state index contributed by atoms with van der Waals surface area (Å²) < 4.78 is 6.54. The molecule has 0 radical (unpaired) electrons. The predicted molar refractivity (Wildman–Crippen MR) is 36.9 cm³/mol. The summed E-state index contributed by atoms with van der Waals surface area (Å²) in [6, 6.07) is 1.79. The second-order valence-corrected chi connectivity index (χ2v) is 1.84. The first-order valence-electron chi connectivity index (χ1n) is 2.79. The molecule has 50 valence electrons. The molecule has 2 heterocycles. The Hall–Kier alpha value is -1.58. The van der Waals surface area contributed by atoms with Crippen LogP contribution in [-0.4, -0.2) is 16.4 Å². The maximum Gasteiger partial charge on any atom is 0.199 e. The van der Waals surface area contributed by atoms with Gasteiger partial charge in [-0.2, -0.15) is 10.1 Å². The first-order valence-corrected chi connectivity index (χ1v) is 2.79. The minimum absolute atomic E-state index is 0.704. The fraction of sp³-hybridized carbons (Fsp3) is 0. The zero-order valence-corrected chi connectivity index (χ0v) is 5.19. The highest BCUT2D eigenvalue weighted by Crippen LogP contribution is 2.11. The Bertz CT molecular complexity index is 360. The number of aromatic nitrogens is 2. The molecule has 4 heteroatoms. The van der Waals surface area contributed by atoms with Crippen molar-refractivity contribution in [1.82, 2.24) is 9.66 Å². The number of hydrogen-bond donors (Lipinski definition) is 0. The van der Waals surface area contributed by atoms with E-state index >= 15 is 0 Å². The van der Waals surface area contributed by atoms with Gasteiger partial charge in [0.2, 0.25) is 0 Å². The van der Waals surface area contributed by atoms with Crippen molar-refractivity contribution >= 4 is 17.9 Å². The third kappa shape index (κ3) is 0.500. The zero-order valence-electron chi connectivity index (χ0n) is 5.19. The fourth-order valence-corrected chi connectivity index (χ4v) is 0.858. The van der Waals surface area contributed by atoms with Gasteiger partial charge < -0.3 is 4.42 Å². The van der Waals surface area contributed by atoms with Crippen LogP contribution in [0.5, 0.6) is 0 Å². The molecule has 0 aliphatic rings. The minimum atomic E-state index is 0.704. The lowest BCUT2D eigenvalue weighted by atomic mass is 10.6. The van der Waals surface area contributed by atoms with Crippen molar-refractivity contribution in [1.29, 1.82) is 0 Å². The Labute approximate surface area is 56.8 Å². The third-order valence-electron chi connectivity index (χ3n) is 1.31. The monoisotopic (exact) mass is 135 g/mol. The van der Waals surface area contributed by atoms with Gasteiger partial charge in [0.05, 0.1) is 0 Å². The molecule has 0 aromatic carbocycles. The Morgan fingerprint density at radius 1 is 1.70 bits per heavy atom. The standard InChI is InChI=1S/C6H5N3O/c1-7-9-3-2-5-6(9)8-4-10-5/h2-4H,1H2. The van der Waals surface area contributed by atoms with Crippen molar-refractivity contribution in [2.75, 3.05) is 0 Å². The molecule has 0 fully saturated rings. The summed E-state index contributed by atoms with van der Waals surface area (Å²) in [7, 11) is 0. The topological polar surface area (TPSA) is 43.3 Å². The lowest BCUT2D eigenvalue weighted by Gasteiger charge is -1.85. The summed E-state index contributed by atoms with van der Waals surface area (Å²) in [6.07, 6.45) is 3.13. The predicted octanol–water partition coefficient (Wildman–Crippen LogP) is 1.09. The molecule has 4 nitrogen and oxygen atoms in total. The van der Waals surface area contributed by atoms with Gasteiger partial charge in [-0.3, -0.25) is 0 Å². The van der Waals surface area contributed by atoms with Gasteiger partial charge >= 0.3 is 0 Å². The van der Waals surface area contributed by atoms with Crippen LogP contribution in [0.25, 0.3) is 11.2 Å². The largest absolute Gasteiger partial charge is 0.442 e. The smallest absolute Gasteiger partial charge is 0.199 e. The van der Waals surface area contributed by atoms with Crippen molar-refractivity contribution in [2.24, 2.45) is 5.10 Å². The van der Waals surface area contributed by atoms with Crippen molar-refractivity contribution in [3.8, 4) is 0 Å². The van der Waals surface area contributed by atoms with Crippen LogP contribution < -0.4 is 0 Å². The number of hydrogen-bond acceptors (Lipinski definition) is 3. The molecule has 0 spiro atoms. The number of oxazole rings is 1. The molecular weight excluding hydrogens is 130 g/mol. The second-order valence-electron chi connectivity index (χ2n) is 1.84. The first kappa shape index (κ1) is 5.22. The summed E-state index contributed by atoms with van der Waals surface area (Å²) in [6.45, 7) is 3.36. The highest BCUT2D eigenvalue weighted by Gasteiger charge is 2.01. The maximum atomic E-state index is 4.98. The molecular formula is C6H5N3O. The van der Waals surface area contributed by atoms with E-state index in [9.17, 15) is 0 Å². The van der Waals surface area contributed by atoms with E-state index in [0.717, 1.165) is 5.58 Å². The van der Waals surface area contributed by atoms with E-state index in [1.807, 2.05) is 0 Å². The molecule has 0 bridgehead atoms. The maximum absolute atomic E-state index is 4.98. The van der Waals surface area contributed by atoms with E-state index in [2.05, 4.69) is 16.8 Å². The van der Waals surface area contributed by atoms with Crippen LogP contribution in [0, 0.1) is 0 Å². The second kappa shape index (κ2) is 1.70. The molecule has 0 unspecified atom stereocenters.